The van der Waals surface area contributed by atoms with Crippen LogP contribution in [0.25, 0.3) is 0 Å². The summed E-state index contributed by atoms with van der Waals surface area (Å²) in [5, 5.41) is 0. The van der Waals surface area contributed by atoms with Crippen LogP contribution in [-0.4, -0.2) is 25.0 Å². The Bertz CT molecular complexity index is 641. The highest BCUT2D eigenvalue weighted by molar-refractivity contribution is 6.06. The Morgan fingerprint density at radius 1 is 1.30 bits per heavy atom. The molecule has 1 atom stereocenters. The molecule has 1 aromatic carbocycles. The van der Waals surface area contributed by atoms with E-state index in [0.29, 0.717) is 17.9 Å². The molecule has 1 saturated heterocycles. The van der Waals surface area contributed by atoms with Gasteiger partial charge in [0, 0.05) is 12.1 Å². The Morgan fingerprint density at radius 3 is 2.61 bits per heavy atom. The maximum absolute atomic E-state index is 13.8. The molecule has 5 nitrogen and oxygen atoms in total. The fourth-order valence-corrected chi connectivity index (χ4v) is 3.92. The van der Waals surface area contributed by atoms with Crippen molar-refractivity contribution in [1.82, 2.24) is 0 Å². The van der Waals surface area contributed by atoms with Gasteiger partial charge in [-0.05, 0) is 25.3 Å². The van der Waals surface area contributed by atoms with Crippen molar-refractivity contribution in [2.75, 3.05) is 12.0 Å². The lowest BCUT2D eigenvalue weighted by atomic mass is 9.72. The number of ether oxygens (including phenoxy) is 1. The summed E-state index contributed by atoms with van der Waals surface area (Å²) < 4.78 is 18.9. The van der Waals surface area contributed by atoms with E-state index in [2.05, 4.69) is 0 Å². The molecule has 2 N–H and O–H groups in total. The van der Waals surface area contributed by atoms with Gasteiger partial charge in [-0.25, -0.2) is 4.39 Å². The van der Waals surface area contributed by atoms with Crippen molar-refractivity contribution >= 4 is 17.5 Å². The normalized spacial score (nSPS) is 23.3. The molecule has 23 heavy (non-hydrogen) atoms. The number of primary amides is 1. The second kappa shape index (κ2) is 5.83. The monoisotopic (exact) mass is 320 g/mol. The standard InChI is InChI=1S/C17H21FN2O3/c1-23-13-8-11(18)7-12(9-13)20-14(15(19)21)10-17(16(20)22)5-3-2-4-6-17/h7-9,14H,2-6,10H2,1H3,(H2,19,21). The van der Waals surface area contributed by atoms with Gasteiger partial charge >= 0.3 is 0 Å². The highest BCUT2D eigenvalue weighted by Gasteiger charge is 2.53. The van der Waals surface area contributed by atoms with E-state index in [1.54, 1.807) is 6.07 Å². The van der Waals surface area contributed by atoms with Gasteiger partial charge in [-0.1, -0.05) is 19.3 Å². The first-order valence-corrected chi connectivity index (χ1v) is 7.94. The molecule has 3 rings (SSSR count). The first kappa shape index (κ1) is 15.8. The van der Waals surface area contributed by atoms with Crippen LogP contribution in [0.4, 0.5) is 10.1 Å². The van der Waals surface area contributed by atoms with Crippen LogP contribution in [0.1, 0.15) is 38.5 Å². The van der Waals surface area contributed by atoms with Crippen molar-refractivity contribution in [2.24, 2.45) is 11.1 Å². The smallest absolute Gasteiger partial charge is 0.240 e. The van der Waals surface area contributed by atoms with Crippen molar-refractivity contribution in [3.63, 3.8) is 0 Å². The zero-order chi connectivity index (χ0) is 16.6. The molecule has 2 amide bonds. The molecule has 0 bridgehead atoms. The topological polar surface area (TPSA) is 72.6 Å². The summed E-state index contributed by atoms with van der Waals surface area (Å²) in [6, 6.07) is 3.32. The van der Waals surface area contributed by atoms with Gasteiger partial charge in [0.05, 0.1) is 18.2 Å². The number of carbonyl (C=O) groups excluding carboxylic acids is 2. The Labute approximate surface area is 134 Å². The molecular weight excluding hydrogens is 299 g/mol. The SMILES string of the molecule is COc1cc(F)cc(N2C(=O)C3(CCCCC3)CC2C(N)=O)c1. The second-order valence-corrected chi connectivity index (χ2v) is 6.49. The molecule has 1 unspecified atom stereocenters. The van der Waals surface area contributed by atoms with Crippen molar-refractivity contribution in [2.45, 2.75) is 44.6 Å². The molecular formula is C17H21FN2O3. The maximum Gasteiger partial charge on any atom is 0.240 e. The number of carbonyl (C=O) groups is 2. The molecule has 124 valence electrons. The zero-order valence-corrected chi connectivity index (χ0v) is 13.2. The van der Waals surface area contributed by atoms with E-state index in [4.69, 9.17) is 10.5 Å². The van der Waals surface area contributed by atoms with Crippen molar-refractivity contribution in [1.29, 1.82) is 0 Å². The van der Waals surface area contributed by atoms with Gasteiger partial charge in [0.25, 0.3) is 0 Å². The predicted molar refractivity (Wildman–Crippen MR) is 83.6 cm³/mol. The van der Waals surface area contributed by atoms with Crippen LogP contribution in [0.15, 0.2) is 18.2 Å². The van der Waals surface area contributed by atoms with Gasteiger partial charge in [0.1, 0.15) is 17.6 Å². The summed E-state index contributed by atoms with van der Waals surface area (Å²) >= 11 is 0. The first-order valence-electron chi connectivity index (χ1n) is 7.94. The molecule has 1 saturated carbocycles. The number of amides is 2. The average Bonchev–Trinajstić information content (AvgIpc) is 2.81. The number of anilines is 1. The number of rotatable bonds is 3. The molecule has 1 aromatic rings. The lowest BCUT2D eigenvalue weighted by Gasteiger charge is -2.31. The minimum atomic E-state index is -0.730. The molecule has 1 aliphatic carbocycles. The quantitative estimate of drug-likeness (QED) is 0.929. The number of benzene rings is 1. The number of nitrogens with two attached hydrogens (primary N) is 1. The van der Waals surface area contributed by atoms with Gasteiger partial charge in [-0.15, -0.1) is 0 Å². The fraction of sp³-hybridized carbons (Fsp3) is 0.529. The third-order valence-electron chi connectivity index (χ3n) is 5.08. The van der Waals surface area contributed by atoms with E-state index in [0.717, 1.165) is 32.1 Å². The summed E-state index contributed by atoms with van der Waals surface area (Å²) in [6.07, 6.45) is 4.98. The lowest BCUT2D eigenvalue weighted by molar-refractivity contribution is -0.127. The van der Waals surface area contributed by atoms with Gasteiger partial charge in [0.2, 0.25) is 11.8 Å². The predicted octanol–water partition coefficient (Wildman–Crippen LogP) is 2.38. The number of hydrogen-bond acceptors (Lipinski definition) is 3. The Balaban J connectivity index is 2.03. The average molecular weight is 320 g/mol. The number of hydrogen-bond donors (Lipinski definition) is 1. The molecule has 6 heteroatoms. The molecule has 2 fully saturated rings. The van der Waals surface area contributed by atoms with E-state index in [1.807, 2.05) is 0 Å². The van der Waals surface area contributed by atoms with Gasteiger partial charge in [-0.3, -0.25) is 14.5 Å². The van der Waals surface area contributed by atoms with Gasteiger partial charge in [-0.2, -0.15) is 0 Å². The van der Waals surface area contributed by atoms with Crippen LogP contribution in [0.3, 0.4) is 0 Å². The van der Waals surface area contributed by atoms with Crippen LogP contribution in [0.2, 0.25) is 0 Å². The van der Waals surface area contributed by atoms with Crippen LogP contribution < -0.4 is 15.4 Å². The number of nitrogens with zero attached hydrogens (tertiary/aromatic N) is 1. The summed E-state index contributed by atoms with van der Waals surface area (Å²) in [5.74, 6) is -0.877. The number of halogens is 1. The third-order valence-corrected chi connectivity index (χ3v) is 5.08. The Hall–Kier alpha value is -2.11. The molecule has 1 heterocycles. The van der Waals surface area contributed by atoms with E-state index in [9.17, 15) is 14.0 Å². The Kier molecular flexibility index (Phi) is 4.00. The summed E-state index contributed by atoms with van der Waals surface area (Å²) in [4.78, 5) is 26.3. The van der Waals surface area contributed by atoms with Crippen molar-refractivity contribution in [3.05, 3.63) is 24.0 Å². The fourth-order valence-electron chi connectivity index (χ4n) is 3.92. The largest absolute Gasteiger partial charge is 0.497 e. The highest BCUT2D eigenvalue weighted by atomic mass is 19.1. The van der Waals surface area contributed by atoms with Crippen LogP contribution in [-0.2, 0) is 9.59 Å². The van der Waals surface area contributed by atoms with E-state index < -0.39 is 23.2 Å². The van der Waals surface area contributed by atoms with Gasteiger partial charge < -0.3 is 10.5 Å². The molecule has 1 spiro atoms. The van der Waals surface area contributed by atoms with Crippen LogP contribution in [0, 0.1) is 11.2 Å². The molecule has 1 aliphatic heterocycles. The summed E-state index contributed by atoms with van der Waals surface area (Å²) in [6.45, 7) is 0. The molecule has 0 radical (unpaired) electrons. The first-order chi connectivity index (χ1) is 11.0. The van der Waals surface area contributed by atoms with E-state index >= 15 is 0 Å². The zero-order valence-electron chi connectivity index (χ0n) is 13.2. The third kappa shape index (κ3) is 2.66. The second-order valence-electron chi connectivity index (χ2n) is 6.49. The van der Waals surface area contributed by atoms with E-state index in [-0.39, 0.29) is 5.91 Å². The lowest BCUT2D eigenvalue weighted by Crippen LogP contribution is -2.43. The summed E-state index contributed by atoms with van der Waals surface area (Å²) in [5.41, 5.74) is 5.33. The summed E-state index contributed by atoms with van der Waals surface area (Å²) in [7, 11) is 1.43. The van der Waals surface area contributed by atoms with Crippen molar-refractivity contribution < 1.29 is 18.7 Å². The number of methoxy groups -OCH3 is 1. The van der Waals surface area contributed by atoms with E-state index in [1.165, 1.54) is 24.1 Å². The maximum atomic E-state index is 13.8. The highest BCUT2D eigenvalue weighted by Crippen LogP contribution is 2.48. The molecule has 2 aliphatic rings. The van der Waals surface area contributed by atoms with Crippen molar-refractivity contribution in [3.8, 4) is 5.75 Å². The van der Waals surface area contributed by atoms with Crippen LogP contribution >= 0.6 is 0 Å². The van der Waals surface area contributed by atoms with Crippen LogP contribution in [0.5, 0.6) is 5.75 Å². The minimum Gasteiger partial charge on any atom is -0.497 e. The minimum absolute atomic E-state index is 0.117. The Morgan fingerprint density at radius 2 is 2.00 bits per heavy atom. The van der Waals surface area contributed by atoms with Gasteiger partial charge in [0.15, 0.2) is 0 Å². The molecule has 0 aromatic heterocycles.